The number of nitrogen functional groups attached to an aromatic ring is 1. The highest BCUT2D eigenvalue weighted by Gasteiger charge is 2.17. The van der Waals surface area contributed by atoms with Crippen molar-refractivity contribution in [3.63, 3.8) is 0 Å². The summed E-state index contributed by atoms with van der Waals surface area (Å²) in [6.45, 7) is 1.74. The molecule has 4 heteroatoms. The standard InChI is InChI=1S/C13H17BrN2O/c14-11-6-5-10(9-12(11)15)13(17)16-7-3-1-2-4-8-16/h5-6,9H,1-4,7-8,15H2. The number of hydrogen-bond donors (Lipinski definition) is 1. The fourth-order valence-corrected chi connectivity index (χ4v) is 2.38. The Hall–Kier alpha value is -1.03. The minimum absolute atomic E-state index is 0.103. The molecule has 0 bridgehead atoms. The van der Waals surface area contributed by atoms with Crippen LogP contribution in [0.1, 0.15) is 36.0 Å². The van der Waals surface area contributed by atoms with E-state index in [1.54, 1.807) is 6.07 Å². The lowest BCUT2D eigenvalue weighted by atomic mass is 10.1. The van der Waals surface area contributed by atoms with E-state index in [-0.39, 0.29) is 5.91 Å². The molecule has 0 unspecified atom stereocenters. The molecule has 1 fully saturated rings. The zero-order chi connectivity index (χ0) is 12.3. The summed E-state index contributed by atoms with van der Waals surface area (Å²) in [5.74, 6) is 0.103. The molecule has 0 aromatic heterocycles. The van der Waals surface area contributed by atoms with Crippen LogP contribution in [-0.4, -0.2) is 23.9 Å². The Kier molecular flexibility index (Phi) is 4.05. The molecule has 0 spiro atoms. The van der Waals surface area contributed by atoms with Crippen LogP contribution >= 0.6 is 15.9 Å². The molecule has 0 radical (unpaired) electrons. The second-order valence-corrected chi connectivity index (χ2v) is 5.30. The van der Waals surface area contributed by atoms with Gasteiger partial charge in [-0.2, -0.15) is 0 Å². The number of rotatable bonds is 1. The summed E-state index contributed by atoms with van der Waals surface area (Å²) >= 11 is 3.34. The summed E-state index contributed by atoms with van der Waals surface area (Å²) < 4.78 is 0.838. The van der Waals surface area contributed by atoms with E-state index in [1.807, 2.05) is 17.0 Å². The van der Waals surface area contributed by atoms with E-state index in [0.29, 0.717) is 11.3 Å². The molecule has 1 amide bonds. The first kappa shape index (κ1) is 12.4. The number of halogens is 1. The topological polar surface area (TPSA) is 46.3 Å². The van der Waals surface area contributed by atoms with Gasteiger partial charge in [-0.3, -0.25) is 4.79 Å². The third-order valence-electron chi connectivity index (χ3n) is 3.14. The summed E-state index contributed by atoms with van der Waals surface area (Å²) in [5.41, 5.74) is 7.11. The molecule has 2 rings (SSSR count). The van der Waals surface area contributed by atoms with Gasteiger partial charge in [0, 0.05) is 28.8 Å². The second-order valence-electron chi connectivity index (χ2n) is 4.44. The SMILES string of the molecule is Nc1cc(C(=O)N2CCCCCC2)ccc1Br. The average Bonchev–Trinajstić information content (AvgIpc) is 2.60. The van der Waals surface area contributed by atoms with E-state index in [1.165, 1.54) is 12.8 Å². The molecular formula is C13H17BrN2O. The lowest BCUT2D eigenvalue weighted by molar-refractivity contribution is 0.0761. The molecule has 0 atom stereocenters. The van der Waals surface area contributed by atoms with Crippen molar-refractivity contribution in [1.29, 1.82) is 0 Å². The van der Waals surface area contributed by atoms with Crippen molar-refractivity contribution in [2.24, 2.45) is 0 Å². The van der Waals surface area contributed by atoms with Gasteiger partial charge in [0.15, 0.2) is 0 Å². The molecule has 1 aromatic carbocycles. The highest BCUT2D eigenvalue weighted by Crippen LogP contribution is 2.22. The molecule has 92 valence electrons. The minimum atomic E-state index is 0.103. The monoisotopic (exact) mass is 296 g/mol. The normalized spacial score (nSPS) is 16.6. The lowest BCUT2D eigenvalue weighted by Crippen LogP contribution is -2.31. The molecule has 1 aromatic rings. The number of carbonyl (C=O) groups is 1. The third-order valence-corrected chi connectivity index (χ3v) is 3.86. The Bertz CT molecular complexity index is 412. The van der Waals surface area contributed by atoms with E-state index in [2.05, 4.69) is 15.9 Å². The van der Waals surface area contributed by atoms with Crippen molar-refractivity contribution < 1.29 is 4.79 Å². The molecule has 0 saturated carbocycles. The predicted octanol–water partition coefficient (Wildman–Crippen LogP) is 3.05. The molecule has 0 aliphatic carbocycles. The van der Waals surface area contributed by atoms with Crippen LogP contribution in [0.15, 0.2) is 22.7 Å². The molecule has 1 aliphatic rings. The molecular weight excluding hydrogens is 280 g/mol. The van der Waals surface area contributed by atoms with Crippen molar-refractivity contribution in [1.82, 2.24) is 4.90 Å². The van der Waals surface area contributed by atoms with Gasteiger partial charge < -0.3 is 10.6 Å². The van der Waals surface area contributed by atoms with Crippen molar-refractivity contribution in [3.8, 4) is 0 Å². The summed E-state index contributed by atoms with van der Waals surface area (Å²) in [4.78, 5) is 14.2. The predicted molar refractivity (Wildman–Crippen MR) is 72.9 cm³/mol. The van der Waals surface area contributed by atoms with Gasteiger partial charge in [0.25, 0.3) is 5.91 Å². The van der Waals surface area contributed by atoms with Crippen LogP contribution < -0.4 is 5.73 Å². The lowest BCUT2D eigenvalue weighted by Gasteiger charge is -2.20. The molecule has 3 nitrogen and oxygen atoms in total. The van der Waals surface area contributed by atoms with Gasteiger partial charge in [-0.05, 0) is 47.0 Å². The summed E-state index contributed by atoms with van der Waals surface area (Å²) in [6, 6.07) is 5.41. The van der Waals surface area contributed by atoms with Crippen molar-refractivity contribution in [3.05, 3.63) is 28.2 Å². The number of nitrogens with two attached hydrogens (primary N) is 1. The molecule has 2 N–H and O–H groups in total. The van der Waals surface area contributed by atoms with Gasteiger partial charge in [0.2, 0.25) is 0 Å². The highest BCUT2D eigenvalue weighted by molar-refractivity contribution is 9.10. The number of likely N-dealkylation sites (tertiary alicyclic amines) is 1. The summed E-state index contributed by atoms with van der Waals surface area (Å²) in [5, 5.41) is 0. The van der Waals surface area contributed by atoms with Crippen molar-refractivity contribution in [2.75, 3.05) is 18.8 Å². The van der Waals surface area contributed by atoms with E-state index in [4.69, 9.17) is 5.73 Å². The van der Waals surface area contributed by atoms with Crippen LogP contribution in [-0.2, 0) is 0 Å². The van der Waals surface area contributed by atoms with Crippen LogP contribution in [0, 0.1) is 0 Å². The summed E-state index contributed by atoms with van der Waals surface area (Å²) in [7, 11) is 0. The van der Waals surface area contributed by atoms with Gasteiger partial charge in [-0.15, -0.1) is 0 Å². The number of benzene rings is 1. The van der Waals surface area contributed by atoms with Crippen LogP contribution in [0.3, 0.4) is 0 Å². The van der Waals surface area contributed by atoms with Gasteiger partial charge in [0.05, 0.1) is 0 Å². The zero-order valence-electron chi connectivity index (χ0n) is 9.79. The molecule has 1 saturated heterocycles. The minimum Gasteiger partial charge on any atom is -0.398 e. The number of nitrogens with zero attached hydrogens (tertiary/aromatic N) is 1. The zero-order valence-corrected chi connectivity index (χ0v) is 11.4. The Morgan fingerprint density at radius 1 is 1.18 bits per heavy atom. The molecule has 1 aliphatic heterocycles. The van der Waals surface area contributed by atoms with E-state index in [9.17, 15) is 4.79 Å². The van der Waals surface area contributed by atoms with Crippen LogP contribution in [0.25, 0.3) is 0 Å². The molecule has 1 heterocycles. The van der Waals surface area contributed by atoms with Crippen LogP contribution in [0.2, 0.25) is 0 Å². The van der Waals surface area contributed by atoms with E-state index >= 15 is 0 Å². The number of amides is 1. The second kappa shape index (κ2) is 5.54. The first-order valence-electron chi connectivity index (χ1n) is 6.03. The third kappa shape index (κ3) is 3.00. The Morgan fingerprint density at radius 3 is 2.41 bits per heavy atom. The number of anilines is 1. The van der Waals surface area contributed by atoms with Crippen molar-refractivity contribution >= 4 is 27.5 Å². The molecule has 17 heavy (non-hydrogen) atoms. The Labute approximate surface area is 110 Å². The van der Waals surface area contributed by atoms with E-state index < -0.39 is 0 Å². The quantitative estimate of drug-likeness (QED) is 0.810. The Balaban J connectivity index is 2.14. The van der Waals surface area contributed by atoms with Gasteiger partial charge in [-0.25, -0.2) is 0 Å². The first-order chi connectivity index (χ1) is 8.18. The largest absolute Gasteiger partial charge is 0.398 e. The first-order valence-corrected chi connectivity index (χ1v) is 6.82. The summed E-state index contributed by atoms with van der Waals surface area (Å²) in [6.07, 6.45) is 4.67. The van der Waals surface area contributed by atoms with Crippen LogP contribution in [0.5, 0.6) is 0 Å². The maximum Gasteiger partial charge on any atom is 0.253 e. The Morgan fingerprint density at radius 2 is 1.82 bits per heavy atom. The fourth-order valence-electron chi connectivity index (χ4n) is 2.13. The maximum absolute atomic E-state index is 12.3. The van der Waals surface area contributed by atoms with Gasteiger partial charge in [0.1, 0.15) is 0 Å². The smallest absolute Gasteiger partial charge is 0.253 e. The maximum atomic E-state index is 12.3. The fraction of sp³-hybridized carbons (Fsp3) is 0.462. The van der Waals surface area contributed by atoms with Gasteiger partial charge in [-0.1, -0.05) is 12.8 Å². The average molecular weight is 297 g/mol. The van der Waals surface area contributed by atoms with Crippen molar-refractivity contribution in [2.45, 2.75) is 25.7 Å². The van der Waals surface area contributed by atoms with Gasteiger partial charge >= 0.3 is 0 Å². The van der Waals surface area contributed by atoms with E-state index in [0.717, 1.165) is 30.4 Å². The van der Waals surface area contributed by atoms with Crippen LogP contribution in [0.4, 0.5) is 5.69 Å². The highest BCUT2D eigenvalue weighted by atomic mass is 79.9. The number of carbonyl (C=O) groups excluding carboxylic acids is 1. The number of hydrogen-bond acceptors (Lipinski definition) is 2.